The molecule has 0 aliphatic carbocycles. The topological polar surface area (TPSA) is 21.3 Å². The van der Waals surface area contributed by atoms with Crippen molar-refractivity contribution in [3.63, 3.8) is 0 Å². The van der Waals surface area contributed by atoms with Crippen LogP contribution in [0.3, 0.4) is 0 Å². The number of halogens is 1. The van der Waals surface area contributed by atoms with E-state index in [1.54, 1.807) is 12.1 Å². The van der Waals surface area contributed by atoms with Crippen molar-refractivity contribution in [2.24, 2.45) is 0 Å². The molecule has 3 heteroatoms. The van der Waals surface area contributed by atoms with E-state index >= 15 is 0 Å². The first kappa shape index (κ1) is 17.1. The molecule has 114 valence electrons. The van der Waals surface area contributed by atoms with Gasteiger partial charge >= 0.3 is 0 Å². The lowest BCUT2D eigenvalue weighted by molar-refractivity contribution is -0.0563. The Morgan fingerprint density at radius 3 is 2.45 bits per heavy atom. The van der Waals surface area contributed by atoms with Gasteiger partial charge in [0.25, 0.3) is 0 Å². The molecule has 0 fully saturated rings. The molecule has 0 heterocycles. The van der Waals surface area contributed by atoms with Gasteiger partial charge in [0.15, 0.2) is 0 Å². The number of hydrogen-bond donors (Lipinski definition) is 1. The standard InChI is InChI=1S/C17H28FNO/c1-6-9-19-16(17(5,7-2)20-8-3)14-10-13(4)11-15(18)12-14/h10-12,16,19H,6-9H2,1-5H3. The number of ether oxygens (including phenoxy) is 1. The van der Waals surface area contributed by atoms with Gasteiger partial charge < -0.3 is 10.1 Å². The zero-order valence-electron chi connectivity index (χ0n) is 13.4. The highest BCUT2D eigenvalue weighted by Crippen LogP contribution is 2.33. The van der Waals surface area contributed by atoms with Crippen molar-refractivity contribution < 1.29 is 9.13 Å². The fourth-order valence-electron chi connectivity index (χ4n) is 2.63. The summed E-state index contributed by atoms with van der Waals surface area (Å²) in [6.45, 7) is 11.8. The fraction of sp³-hybridized carbons (Fsp3) is 0.647. The van der Waals surface area contributed by atoms with Gasteiger partial charge in [0.2, 0.25) is 0 Å². The summed E-state index contributed by atoms with van der Waals surface area (Å²) in [4.78, 5) is 0. The molecule has 0 bridgehead atoms. The highest BCUT2D eigenvalue weighted by molar-refractivity contribution is 5.28. The van der Waals surface area contributed by atoms with Crippen molar-refractivity contribution in [2.75, 3.05) is 13.2 Å². The van der Waals surface area contributed by atoms with E-state index in [0.29, 0.717) is 6.61 Å². The highest BCUT2D eigenvalue weighted by Gasteiger charge is 2.34. The maximum atomic E-state index is 13.7. The van der Waals surface area contributed by atoms with Crippen molar-refractivity contribution in [1.82, 2.24) is 5.32 Å². The van der Waals surface area contributed by atoms with Gasteiger partial charge in [0, 0.05) is 6.61 Å². The third-order valence-electron chi connectivity index (χ3n) is 3.78. The van der Waals surface area contributed by atoms with E-state index in [1.807, 2.05) is 19.9 Å². The normalized spacial score (nSPS) is 15.9. The summed E-state index contributed by atoms with van der Waals surface area (Å²) in [5.41, 5.74) is 1.58. The van der Waals surface area contributed by atoms with Gasteiger partial charge in [-0.05, 0) is 63.4 Å². The monoisotopic (exact) mass is 281 g/mol. The molecule has 2 atom stereocenters. The van der Waals surface area contributed by atoms with E-state index in [-0.39, 0.29) is 17.5 Å². The Hall–Kier alpha value is -0.930. The molecule has 2 nitrogen and oxygen atoms in total. The molecule has 1 aromatic rings. The number of aryl methyl sites for hydroxylation is 1. The van der Waals surface area contributed by atoms with Crippen molar-refractivity contribution in [3.05, 3.63) is 35.1 Å². The summed E-state index contributed by atoms with van der Waals surface area (Å²) in [6, 6.07) is 5.22. The summed E-state index contributed by atoms with van der Waals surface area (Å²) in [7, 11) is 0. The maximum absolute atomic E-state index is 13.7. The smallest absolute Gasteiger partial charge is 0.123 e. The average molecular weight is 281 g/mol. The molecule has 0 spiro atoms. The van der Waals surface area contributed by atoms with Crippen LogP contribution in [0.15, 0.2) is 18.2 Å². The van der Waals surface area contributed by atoms with Crippen molar-refractivity contribution in [1.29, 1.82) is 0 Å². The second-order valence-corrected chi connectivity index (χ2v) is 5.55. The molecular weight excluding hydrogens is 253 g/mol. The maximum Gasteiger partial charge on any atom is 0.123 e. The van der Waals surface area contributed by atoms with E-state index in [4.69, 9.17) is 4.74 Å². The summed E-state index contributed by atoms with van der Waals surface area (Å²) in [5, 5.41) is 3.52. The van der Waals surface area contributed by atoms with Crippen LogP contribution in [0, 0.1) is 12.7 Å². The van der Waals surface area contributed by atoms with Crippen LogP contribution in [0.2, 0.25) is 0 Å². The van der Waals surface area contributed by atoms with Crippen LogP contribution in [-0.2, 0) is 4.74 Å². The van der Waals surface area contributed by atoms with Crippen LogP contribution < -0.4 is 5.32 Å². The molecule has 1 rings (SSSR count). The van der Waals surface area contributed by atoms with Crippen LogP contribution >= 0.6 is 0 Å². The van der Waals surface area contributed by atoms with E-state index < -0.39 is 0 Å². The van der Waals surface area contributed by atoms with Crippen molar-refractivity contribution in [3.8, 4) is 0 Å². The Labute approximate surface area is 122 Å². The van der Waals surface area contributed by atoms with Gasteiger partial charge in [-0.2, -0.15) is 0 Å². The zero-order chi connectivity index (χ0) is 15.2. The summed E-state index contributed by atoms with van der Waals surface area (Å²) in [6.07, 6.45) is 1.91. The van der Waals surface area contributed by atoms with Crippen LogP contribution in [0.1, 0.15) is 57.7 Å². The van der Waals surface area contributed by atoms with Gasteiger partial charge in [-0.25, -0.2) is 4.39 Å². The molecule has 0 saturated heterocycles. The molecule has 0 saturated carbocycles. The van der Waals surface area contributed by atoms with Gasteiger partial charge in [-0.3, -0.25) is 0 Å². The molecule has 1 aromatic carbocycles. The second-order valence-electron chi connectivity index (χ2n) is 5.55. The van der Waals surface area contributed by atoms with Gasteiger partial charge in [0.05, 0.1) is 11.6 Å². The Morgan fingerprint density at radius 1 is 1.25 bits per heavy atom. The van der Waals surface area contributed by atoms with Crippen molar-refractivity contribution in [2.45, 2.75) is 59.1 Å². The first-order valence-electron chi connectivity index (χ1n) is 7.61. The average Bonchev–Trinajstić information content (AvgIpc) is 2.38. The summed E-state index contributed by atoms with van der Waals surface area (Å²) < 4.78 is 19.7. The molecular formula is C17H28FNO. The number of benzene rings is 1. The summed E-state index contributed by atoms with van der Waals surface area (Å²) >= 11 is 0. The largest absolute Gasteiger partial charge is 0.374 e. The van der Waals surface area contributed by atoms with Gasteiger partial charge in [-0.15, -0.1) is 0 Å². The Morgan fingerprint density at radius 2 is 1.95 bits per heavy atom. The minimum absolute atomic E-state index is 0.00167. The Kier molecular flexibility index (Phi) is 6.63. The minimum atomic E-state index is -0.329. The van der Waals surface area contributed by atoms with Crippen molar-refractivity contribution >= 4 is 0 Å². The number of rotatable bonds is 8. The molecule has 0 aromatic heterocycles. The van der Waals surface area contributed by atoms with Crippen LogP contribution in [0.25, 0.3) is 0 Å². The molecule has 1 N–H and O–H groups in total. The molecule has 0 aliphatic rings. The van der Waals surface area contributed by atoms with Crippen LogP contribution in [0.5, 0.6) is 0 Å². The lowest BCUT2D eigenvalue weighted by atomic mass is 9.86. The molecule has 0 amide bonds. The summed E-state index contributed by atoms with van der Waals surface area (Å²) in [5.74, 6) is -0.182. The first-order valence-corrected chi connectivity index (χ1v) is 7.61. The molecule has 2 unspecified atom stereocenters. The SMILES string of the molecule is CCCNC(c1cc(C)cc(F)c1)C(C)(CC)OCC. The molecule has 0 radical (unpaired) electrons. The minimum Gasteiger partial charge on any atom is -0.374 e. The van der Waals surface area contributed by atoms with Crippen LogP contribution in [0.4, 0.5) is 4.39 Å². The van der Waals surface area contributed by atoms with E-state index in [9.17, 15) is 4.39 Å². The first-order chi connectivity index (χ1) is 9.46. The van der Waals surface area contributed by atoms with E-state index in [0.717, 1.165) is 30.5 Å². The lowest BCUT2D eigenvalue weighted by Gasteiger charge is -2.38. The van der Waals surface area contributed by atoms with E-state index in [1.165, 1.54) is 0 Å². The third kappa shape index (κ3) is 4.29. The lowest BCUT2D eigenvalue weighted by Crippen LogP contribution is -2.44. The number of nitrogens with one attached hydrogen (secondary N) is 1. The quantitative estimate of drug-likeness (QED) is 0.763. The second kappa shape index (κ2) is 7.75. The number of hydrogen-bond acceptors (Lipinski definition) is 2. The predicted octanol–water partition coefficient (Wildman–Crippen LogP) is 4.38. The third-order valence-corrected chi connectivity index (χ3v) is 3.78. The zero-order valence-corrected chi connectivity index (χ0v) is 13.4. The molecule has 0 aliphatic heterocycles. The molecule has 20 heavy (non-hydrogen) atoms. The van der Waals surface area contributed by atoms with Gasteiger partial charge in [0.1, 0.15) is 5.82 Å². The predicted molar refractivity (Wildman–Crippen MR) is 82.5 cm³/mol. The van der Waals surface area contributed by atoms with Gasteiger partial charge in [-0.1, -0.05) is 19.9 Å². The highest BCUT2D eigenvalue weighted by atomic mass is 19.1. The Bertz CT molecular complexity index is 401. The van der Waals surface area contributed by atoms with Crippen LogP contribution in [-0.4, -0.2) is 18.8 Å². The fourth-order valence-corrected chi connectivity index (χ4v) is 2.63. The van der Waals surface area contributed by atoms with E-state index in [2.05, 4.69) is 26.1 Å². The Balaban J connectivity index is 3.15.